The summed E-state index contributed by atoms with van der Waals surface area (Å²) in [5.41, 5.74) is 2.22. The van der Waals surface area contributed by atoms with Gasteiger partial charge in [-0.25, -0.2) is 0 Å². The second kappa shape index (κ2) is 14.5. The average molecular weight is 624 g/mol. The predicted molar refractivity (Wildman–Crippen MR) is 154 cm³/mol. The molecule has 0 saturated carbocycles. The van der Waals surface area contributed by atoms with E-state index in [1.165, 1.54) is 24.3 Å². The fourth-order valence-corrected chi connectivity index (χ4v) is 4.60. The molecule has 4 rings (SSSR count). The minimum Gasteiger partial charge on any atom is -0.411 e. The number of non-ortho nitro benzene ring substituents is 2. The van der Waals surface area contributed by atoms with Crippen molar-refractivity contribution in [1.29, 1.82) is 0 Å². The molecule has 0 spiro atoms. The van der Waals surface area contributed by atoms with Gasteiger partial charge in [0, 0.05) is 88.0 Å². The first-order chi connectivity index (χ1) is 17.2. The molecule has 2 heterocycles. The van der Waals surface area contributed by atoms with Gasteiger partial charge in [-0.05, 0) is 24.3 Å². The Kier molecular flexibility index (Phi) is 12.1. The maximum absolute atomic E-state index is 10.6. The first-order valence-electron chi connectivity index (χ1n) is 11.1. The molecule has 2 aliphatic heterocycles. The summed E-state index contributed by atoms with van der Waals surface area (Å²) in [7, 11) is 0. The number of nitro groups is 2. The first kappa shape index (κ1) is 30.8. The molecule has 0 aromatic heterocycles. The molecule has 37 heavy (non-hydrogen) atoms. The van der Waals surface area contributed by atoms with Crippen molar-refractivity contribution in [2.24, 2.45) is 0 Å². The van der Waals surface area contributed by atoms with E-state index in [1.54, 1.807) is 24.3 Å². The first-order valence-corrected chi connectivity index (χ1v) is 12.7. The summed E-state index contributed by atoms with van der Waals surface area (Å²) in [5, 5.41) is 21.1. The van der Waals surface area contributed by atoms with Crippen LogP contribution in [-0.2, 0) is 42.0 Å². The van der Waals surface area contributed by atoms with E-state index < -0.39 is 9.85 Å². The normalized spacial score (nSPS) is 15.1. The third-order valence-corrected chi connectivity index (χ3v) is 6.96. The summed E-state index contributed by atoms with van der Waals surface area (Å²) in [4.78, 5) is 28.7. The molecule has 2 saturated heterocycles. The molecule has 0 bridgehead atoms. The monoisotopic (exact) mass is 623 g/mol. The molecule has 2 aromatic carbocycles. The van der Waals surface area contributed by atoms with Crippen LogP contribution >= 0.6 is 24.4 Å². The minimum atomic E-state index is -0.392. The van der Waals surface area contributed by atoms with Gasteiger partial charge in [0.05, 0.1) is 9.85 Å². The van der Waals surface area contributed by atoms with Crippen molar-refractivity contribution in [3.63, 3.8) is 0 Å². The summed E-state index contributed by atoms with van der Waals surface area (Å²) in [5.74, 6) is 0. The van der Waals surface area contributed by atoms with Crippen LogP contribution in [0.4, 0.5) is 22.7 Å². The minimum absolute atomic E-state index is 0. The molecule has 0 aliphatic carbocycles. The SMILES string of the molecule is O=[N+]([O-])c1ccc(N2CCN(C(=S)[S-])CC2)cc1.O=[N+]([O-])c1ccc(N2CCN(C(=S)[S-])CC2)cc1.[Co+2]. The number of nitro benzene ring substituents is 2. The van der Waals surface area contributed by atoms with Crippen molar-refractivity contribution in [2.75, 3.05) is 62.2 Å². The number of nitrogens with zero attached hydrogens (tertiary/aromatic N) is 6. The van der Waals surface area contributed by atoms with Crippen molar-refractivity contribution in [1.82, 2.24) is 9.80 Å². The number of thiocarbonyl (C=S) groups is 2. The second-order valence-corrected chi connectivity index (χ2v) is 10.1. The Morgan fingerprint density at radius 1 is 0.622 bits per heavy atom. The van der Waals surface area contributed by atoms with Crippen LogP contribution in [0.15, 0.2) is 48.5 Å². The van der Waals surface area contributed by atoms with Crippen LogP contribution in [0, 0.1) is 20.2 Å². The molecular formula is C22H24CoN6O4S4. The number of anilines is 2. The fraction of sp³-hybridized carbons (Fsp3) is 0.364. The average Bonchev–Trinajstić information content (AvgIpc) is 2.89. The molecule has 0 unspecified atom stereocenters. The van der Waals surface area contributed by atoms with Crippen LogP contribution in [0.1, 0.15) is 0 Å². The molecule has 199 valence electrons. The zero-order chi connectivity index (χ0) is 26.2. The number of benzene rings is 2. The number of piperazine rings is 2. The van der Waals surface area contributed by atoms with Gasteiger partial charge in [0.2, 0.25) is 0 Å². The molecule has 15 heteroatoms. The van der Waals surface area contributed by atoms with Crippen LogP contribution in [0.2, 0.25) is 0 Å². The Morgan fingerprint density at radius 3 is 1.11 bits per heavy atom. The summed E-state index contributed by atoms with van der Waals surface area (Å²) in [6, 6.07) is 13.2. The number of hydrogen-bond acceptors (Lipinski definition) is 10. The van der Waals surface area contributed by atoms with Gasteiger partial charge in [0.25, 0.3) is 11.4 Å². The van der Waals surface area contributed by atoms with Crippen LogP contribution in [-0.4, -0.2) is 80.6 Å². The Labute approximate surface area is 247 Å². The Balaban J connectivity index is 0.000000253. The zero-order valence-electron chi connectivity index (χ0n) is 19.6. The van der Waals surface area contributed by atoms with Crippen molar-refractivity contribution >= 4 is 81.1 Å². The molecule has 0 atom stereocenters. The predicted octanol–water partition coefficient (Wildman–Crippen LogP) is 3.09. The van der Waals surface area contributed by atoms with Gasteiger partial charge in [-0.15, -0.1) is 0 Å². The molecular weight excluding hydrogens is 599 g/mol. The Bertz CT molecular complexity index is 1010. The van der Waals surface area contributed by atoms with E-state index in [0.717, 1.165) is 63.7 Å². The summed E-state index contributed by atoms with van der Waals surface area (Å²) in [6.07, 6.45) is 0. The maximum atomic E-state index is 10.6. The van der Waals surface area contributed by atoms with Gasteiger partial charge >= 0.3 is 16.8 Å². The van der Waals surface area contributed by atoms with Crippen molar-refractivity contribution < 1.29 is 26.6 Å². The van der Waals surface area contributed by atoms with Crippen LogP contribution in [0.5, 0.6) is 0 Å². The maximum Gasteiger partial charge on any atom is 2.00 e. The van der Waals surface area contributed by atoms with Crippen LogP contribution in [0.3, 0.4) is 0 Å². The smallest absolute Gasteiger partial charge is 0.411 e. The summed E-state index contributed by atoms with van der Waals surface area (Å²) >= 11 is 19.9. The second-order valence-electron chi connectivity index (χ2n) is 8.03. The van der Waals surface area contributed by atoms with Crippen LogP contribution in [0.25, 0.3) is 0 Å². The van der Waals surface area contributed by atoms with E-state index in [1.807, 2.05) is 9.80 Å². The van der Waals surface area contributed by atoms with Gasteiger partial charge in [0.1, 0.15) is 0 Å². The van der Waals surface area contributed by atoms with Gasteiger partial charge in [0.15, 0.2) is 0 Å². The molecule has 2 fully saturated rings. The van der Waals surface area contributed by atoms with E-state index in [9.17, 15) is 20.2 Å². The largest absolute Gasteiger partial charge is 2.00 e. The summed E-state index contributed by atoms with van der Waals surface area (Å²) in [6.45, 7) is 6.53. The third-order valence-electron chi connectivity index (χ3n) is 5.93. The third kappa shape index (κ3) is 8.82. The quantitative estimate of drug-likeness (QED) is 0.217. The van der Waals surface area contributed by atoms with E-state index in [2.05, 4.69) is 9.80 Å². The molecule has 10 nitrogen and oxygen atoms in total. The number of hydrogen-bond donors (Lipinski definition) is 0. The van der Waals surface area contributed by atoms with Crippen molar-refractivity contribution in [3.8, 4) is 0 Å². The van der Waals surface area contributed by atoms with Crippen molar-refractivity contribution in [3.05, 3.63) is 68.8 Å². The topological polar surface area (TPSA) is 99.2 Å². The molecule has 2 aromatic rings. The van der Waals surface area contributed by atoms with E-state index in [-0.39, 0.29) is 28.2 Å². The van der Waals surface area contributed by atoms with Gasteiger partial charge in [-0.2, -0.15) is 0 Å². The zero-order valence-corrected chi connectivity index (χ0v) is 23.9. The van der Waals surface area contributed by atoms with Crippen LogP contribution < -0.4 is 9.80 Å². The molecule has 0 N–H and O–H groups in total. The van der Waals surface area contributed by atoms with Gasteiger partial charge < -0.3 is 69.3 Å². The fourth-order valence-electron chi connectivity index (χ4n) is 3.86. The number of rotatable bonds is 4. The van der Waals surface area contributed by atoms with E-state index in [4.69, 9.17) is 49.7 Å². The van der Waals surface area contributed by atoms with Crippen molar-refractivity contribution in [2.45, 2.75) is 0 Å². The summed E-state index contributed by atoms with van der Waals surface area (Å²) < 4.78 is 1.02. The molecule has 2 aliphatic rings. The molecule has 0 amide bonds. The van der Waals surface area contributed by atoms with E-state index >= 15 is 0 Å². The van der Waals surface area contributed by atoms with E-state index in [0.29, 0.717) is 8.64 Å². The Morgan fingerprint density at radius 2 is 0.892 bits per heavy atom. The van der Waals surface area contributed by atoms with Gasteiger partial charge in [-0.3, -0.25) is 20.2 Å². The molecule has 1 radical (unpaired) electrons. The van der Waals surface area contributed by atoms with Gasteiger partial charge in [-0.1, -0.05) is 8.64 Å². The standard InChI is InChI=1S/2C11H13N3O2S2.Co/c2*15-14(16)10-3-1-9(2-4-10)12-5-7-13(8-6-12)11(17)18;/h2*1-4H,5-8H2,(H,17,18);/q;;+2/p-2. The Hall–Kier alpha value is -2.43.